The van der Waals surface area contributed by atoms with E-state index in [4.69, 9.17) is 5.14 Å². The van der Waals surface area contributed by atoms with Crippen LogP contribution < -0.4 is 10.5 Å². The van der Waals surface area contributed by atoms with Crippen LogP contribution in [-0.4, -0.2) is 29.8 Å². The highest BCUT2D eigenvalue weighted by atomic mass is 32.2. The minimum atomic E-state index is -3.80. The van der Waals surface area contributed by atoms with Gasteiger partial charge < -0.3 is 9.88 Å². The molecule has 170 valence electrons. The van der Waals surface area contributed by atoms with E-state index in [1.807, 2.05) is 24.5 Å². The molecule has 0 saturated carbocycles. The van der Waals surface area contributed by atoms with E-state index in [1.54, 1.807) is 24.3 Å². The van der Waals surface area contributed by atoms with E-state index in [1.165, 1.54) is 30.3 Å². The minimum Gasteiger partial charge on any atom is -0.318 e. The first-order valence-electron chi connectivity index (χ1n) is 9.96. The number of carbonyl (C=O) groups is 2. The molecule has 33 heavy (non-hydrogen) atoms. The second kappa shape index (κ2) is 8.30. The Kier molecular flexibility index (Phi) is 5.64. The van der Waals surface area contributed by atoms with Crippen LogP contribution >= 0.6 is 0 Å². The highest BCUT2D eigenvalue weighted by Crippen LogP contribution is 2.25. The normalized spacial score (nSPS) is 15.4. The molecule has 4 rings (SSSR count). The number of sulfonamides is 1. The lowest BCUT2D eigenvalue weighted by Crippen LogP contribution is -2.30. The molecule has 1 aromatic heterocycles. The maximum absolute atomic E-state index is 14.0. The van der Waals surface area contributed by atoms with Crippen molar-refractivity contribution < 1.29 is 22.4 Å². The molecule has 0 atom stereocenters. The molecule has 3 N–H and O–H groups in total. The van der Waals surface area contributed by atoms with Gasteiger partial charge in [0.05, 0.1) is 11.4 Å². The number of nitrogens with one attached hydrogen (secondary N) is 1. The van der Waals surface area contributed by atoms with Gasteiger partial charge in [0.15, 0.2) is 0 Å². The average molecular weight is 469 g/mol. The number of primary sulfonamides is 1. The number of amides is 3. The van der Waals surface area contributed by atoms with Crippen LogP contribution in [0.15, 0.2) is 65.2 Å². The number of urea groups is 1. The summed E-state index contributed by atoms with van der Waals surface area (Å²) in [5, 5.41) is 7.71. The number of imide groups is 1. The number of hydrogen-bond donors (Lipinski definition) is 2. The summed E-state index contributed by atoms with van der Waals surface area (Å²) >= 11 is 0. The van der Waals surface area contributed by atoms with Crippen LogP contribution in [0.3, 0.4) is 0 Å². The Labute approximate surface area is 190 Å². The monoisotopic (exact) mass is 468 g/mol. The Morgan fingerprint density at radius 1 is 1.06 bits per heavy atom. The lowest BCUT2D eigenvalue weighted by molar-refractivity contribution is -0.123. The molecule has 3 aromatic rings. The topological polar surface area (TPSA) is 114 Å². The maximum Gasteiger partial charge on any atom is 0.329 e. The van der Waals surface area contributed by atoms with Crippen molar-refractivity contribution in [2.24, 2.45) is 5.14 Å². The highest BCUT2D eigenvalue weighted by Gasteiger charge is 2.34. The fourth-order valence-electron chi connectivity index (χ4n) is 3.78. The van der Waals surface area contributed by atoms with Gasteiger partial charge in [-0.25, -0.2) is 22.7 Å². The second-order valence-corrected chi connectivity index (χ2v) is 9.23. The van der Waals surface area contributed by atoms with Crippen LogP contribution in [0, 0.1) is 19.7 Å². The molecule has 0 unspecified atom stereocenters. The average Bonchev–Trinajstić information content (AvgIpc) is 3.18. The minimum absolute atomic E-state index is 0.00487. The summed E-state index contributed by atoms with van der Waals surface area (Å²) in [6, 6.07) is 13.3. The molecule has 2 heterocycles. The standard InChI is InChI=1S/C23H21FN4O4S/c1-14-11-17(15(2)28(14)18-7-9-19(10-8-18)33(25,31)32)12-21-22(29)27(23(30)26-21)13-16-5-3-4-6-20(16)24/h3-12H,13H2,1-2H3,(H,26,30)(H2,25,31,32)/b21-12+. The van der Waals surface area contributed by atoms with Crippen LogP contribution in [0.5, 0.6) is 0 Å². The molecule has 0 radical (unpaired) electrons. The van der Waals surface area contributed by atoms with Crippen molar-refractivity contribution >= 4 is 28.0 Å². The predicted octanol–water partition coefficient (Wildman–Crippen LogP) is 2.97. The summed E-state index contributed by atoms with van der Waals surface area (Å²) in [5.74, 6) is -1.04. The number of carbonyl (C=O) groups excluding carboxylic acids is 2. The Hall–Kier alpha value is -3.76. The lowest BCUT2D eigenvalue weighted by Gasteiger charge is -2.12. The molecule has 2 aromatic carbocycles. The van der Waals surface area contributed by atoms with Crippen molar-refractivity contribution in [1.82, 2.24) is 14.8 Å². The van der Waals surface area contributed by atoms with Gasteiger partial charge in [0.2, 0.25) is 10.0 Å². The zero-order valence-electron chi connectivity index (χ0n) is 17.9. The smallest absolute Gasteiger partial charge is 0.318 e. The summed E-state index contributed by atoms with van der Waals surface area (Å²) in [7, 11) is -3.80. The van der Waals surface area contributed by atoms with Gasteiger partial charge in [-0.2, -0.15) is 0 Å². The van der Waals surface area contributed by atoms with Crippen LogP contribution in [0.25, 0.3) is 11.8 Å². The van der Waals surface area contributed by atoms with Crippen molar-refractivity contribution in [1.29, 1.82) is 0 Å². The van der Waals surface area contributed by atoms with Gasteiger partial charge in [0.25, 0.3) is 5.91 Å². The number of hydrogen-bond acceptors (Lipinski definition) is 4. The zero-order chi connectivity index (χ0) is 23.9. The number of nitrogens with two attached hydrogens (primary N) is 1. The highest BCUT2D eigenvalue weighted by molar-refractivity contribution is 7.89. The number of rotatable bonds is 5. The van der Waals surface area contributed by atoms with Crippen molar-refractivity contribution in [3.05, 3.63) is 88.6 Å². The van der Waals surface area contributed by atoms with Crippen LogP contribution in [-0.2, 0) is 21.4 Å². The van der Waals surface area contributed by atoms with Crippen LogP contribution in [0.2, 0.25) is 0 Å². The molecular weight excluding hydrogens is 447 g/mol. The number of benzene rings is 2. The summed E-state index contributed by atoms with van der Waals surface area (Å²) < 4.78 is 38.9. The Morgan fingerprint density at radius 3 is 2.36 bits per heavy atom. The Balaban J connectivity index is 1.63. The van der Waals surface area contributed by atoms with Gasteiger partial charge in [-0.3, -0.25) is 9.69 Å². The largest absolute Gasteiger partial charge is 0.329 e. The van der Waals surface area contributed by atoms with Gasteiger partial charge in [-0.05, 0) is 61.9 Å². The van der Waals surface area contributed by atoms with E-state index in [0.29, 0.717) is 11.3 Å². The van der Waals surface area contributed by atoms with E-state index < -0.39 is 27.8 Å². The number of halogens is 1. The predicted molar refractivity (Wildman–Crippen MR) is 120 cm³/mol. The van der Waals surface area contributed by atoms with E-state index in [0.717, 1.165) is 16.3 Å². The molecule has 1 fully saturated rings. The fourth-order valence-corrected chi connectivity index (χ4v) is 4.30. The first kappa shape index (κ1) is 22.4. The van der Waals surface area contributed by atoms with E-state index in [-0.39, 0.29) is 22.7 Å². The van der Waals surface area contributed by atoms with Gasteiger partial charge in [-0.15, -0.1) is 0 Å². The second-order valence-electron chi connectivity index (χ2n) is 7.67. The van der Waals surface area contributed by atoms with Crippen LogP contribution in [0.1, 0.15) is 22.5 Å². The molecule has 8 nitrogen and oxygen atoms in total. The third kappa shape index (κ3) is 4.30. The maximum atomic E-state index is 14.0. The molecule has 1 aliphatic heterocycles. The van der Waals surface area contributed by atoms with E-state index in [2.05, 4.69) is 5.32 Å². The first-order valence-corrected chi connectivity index (χ1v) is 11.5. The van der Waals surface area contributed by atoms with Crippen molar-refractivity contribution in [3.8, 4) is 5.69 Å². The zero-order valence-corrected chi connectivity index (χ0v) is 18.7. The number of aromatic nitrogens is 1. The summed E-state index contributed by atoms with van der Waals surface area (Å²) in [6.45, 7) is 3.53. The van der Waals surface area contributed by atoms with Gasteiger partial charge in [-0.1, -0.05) is 18.2 Å². The molecule has 3 amide bonds. The molecule has 1 aliphatic rings. The summed E-state index contributed by atoms with van der Waals surface area (Å²) in [4.78, 5) is 26.1. The fraction of sp³-hybridized carbons (Fsp3) is 0.130. The van der Waals surface area contributed by atoms with Gasteiger partial charge in [0, 0.05) is 22.6 Å². The van der Waals surface area contributed by atoms with Crippen molar-refractivity contribution in [3.63, 3.8) is 0 Å². The number of aryl methyl sites for hydroxylation is 1. The molecule has 10 heteroatoms. The Morgan fingerprint density at radius 2 is 1.73 bits per heavy atom. The SMILES string of the molecule is Cc1cc(/C=C2/NC(=O)N(Cc3ccccc3F)C2=O)c(C)n1-c1ccc(S(N)(=O)=O)cc1. The molecular formula is C23H21FN4O4S. The third-order valence-corrected chi connectivity index (χ3v) is 6.37. The van der Waals surface area contributed by atoms with Gasteiger partial charge >= 0.3 is 6.03 Å². The van der Waals surface area contributed by atoms with Crippen molar-refractivity contribution in [2.75, 3.05) is 0 Å². The van der Waals surface area contributed by atoms with E-state index >= 15 is 0 Å². The Bertz CT molecular complexity index is 1410. The quantitative estimate of drug-likeness (QED) is 0.443. The molecule has 1 saturated heterocycles. The third-order valence-electron chi connectivity index (χ3n) is 5.44. The molecule has 0 spiro atoms. The molecule has 0 aliphatic carbocycles. The van der Waals surface area contributed by atoms with Crippen LogP contribution in [0.4, 0.5) is 9.18 Å². The molecule has 0 bridgehead atoms. The van der Waals surface area contributed by atoms with Crippen molar-refractivity contribution in [2.45, 2.75) is 25.3 Å². The number of nitrogens with zero attached hydrogens (tertiary/aromatic N) is 2. The lowest BCUT2D eigenvalue weighted by atomic mass is 10.2. The van der Waals surface area contributed by atoms with E-state index in [9.17, 15) is 22.4 Å². The van der Waals surface area contributed by atoms with Gasteiger partial charge in [0.1, 0.15) is 11.5 Å². The summed E-state index contributed by atoms with van der Waals surface area (Å²) in [6.07, 6.45) is 1.57. The summed E-state index contributed by atoms with van der Waals surface area (Å²) in [5.41, 5.74) is 3.34. The first-order chi connectivity index (χ1) is 15.6.